The molecule has 2 rings (SSSR count). The van der Waals surface area contributed by atoms with Crippen LogP contribution < -0.4 is 5.73 Å². The van der Waals surface area contributed by atoms with Crippen LogP contribution in [0.1, 0.15) is 18.0 Å². The van der Waals surface area contributed by atoms with E-state index in [1.807, 2.05) is 12.1 Å². The van der Waals surface area contributed by atoms with Crippen molar-refractivity contribution in [1.29, 1.82) is 0 Å². The highest BCUT2D eigenvalue weighted by atomic mass is 32.2. The normalized spacial score (nSPS) is 12.3. The number of methoxy groups -OCH3 is 1. The second-order valence-electron chi connectivity index (χ2n) is 4.61. The number of nitrogens with two attached hydrogens (primary N) is 1. The van der Waals surface area contributed by atoms with Crippen LogP contribution in [0.15, 0.2) is 42.5 Å². The molecular formula is C16H19NO2S. The smallest absolute Gasteiger partial charge is 0.306 e. The molecule has 1 atom stereocenters. The summed E-state index contributed by atoms with van der Waals surface area (Å²) in [5.74, 6) is 1.38. The summed E-state index contributed by atoms with van der Waals surface area (Å²) in [5.41, 5.74) is 7.33. The fourth-order valence-electron chi connectivity index (χ4n) is 2.00. The summed E-state index contributed by atoms with van der Waals surface area (Å²) in [7, 11) is 1.41. The van der Waals surface area contributed by atoms with Crippen LogP contribution in [0.3, 0.4) is 0 Å². The third-order valence-corrected chi connectivity index (χ3v) is 4.26. The Morgan fingerprint density at radius 2 is 2.00 bits per heavy atom. The molecule has 0 aliphatic rings. The molecule has 0 bridgehead atoms. The fourth-order valence-corrected chi connectivity index (χ4v) is 2.93. The van der Waals surface area contributed by atoms with Gasteiger partial charge in [-0.2, -0.15) is 11.8 Å². The lowest BCUT2D eigenvalue weighted by molar-refractivity contribution is -0.140. The van der Waals surface area contributed by atoms with E-state index in [1.165, 1.54) is 17.9 Å². The van der Waals surface area contributed by atoms with Gasteiger partial charge in [-0.3, -0.25) is 4.79 Å². The van der Waals surface area contributed by atoms with Gasteiger partial charge in [0.1, 0.15) is 0 Å². The monoisotopic (exact) mass is 289 g/mol. The van der Waals surface area contributed by atoms with Crippen LogP contribution in [0.5, 0.6) is 0 Å². The van der Waals surface area contributed by atoms with E-state index in [-0.39, 0.29) is 12.0 Å². The van der Waals surface area contributed by atoms with Crippen molar-refractivity contribution < 1.29 is 9.53 Å². The maximum atomic E-state index is 11.0. The van der Waals surface area contributed by atoms with Gasteiger partial charge in [-0.05, 0) is 22.4 Å². The standard InChI is InChI=1S/C16H19NO2S/c1-19-16(18)8-9-20-11-15(17)14-7-6-12-4-2-3-5-13(12)10-14/h2-7,10,15H,8-9,11,17H2,1H3. The largest absolute Gasteiger partial charge is 0.469 e. The van der Waals surface area contributed by atoms with Crippen molar-refractivity contribution in [3.63, 3.8) is 0 Å². The number of hydrogen-bond donors (Lipinski definition) is 1. The summed E-state index contributed by atoms with van der Waals surface area (Å²) >= 11 is 1.68. The lowest BCUT2D eigenvalue weighted by atomic mass is 10.0. The summed E-state index contributed by atoms with van der Waals surface area (Å²) in [6.45, 7) is 0. The molecule has 0 saturated carbocycles. The highest BCUT2D eigenvalue weighted by Crippen LogP contribution is 2.21. The van der Waals surface area contributed by atoms with Gasteiger partial charge >= 0.3 is 5.97 Å². The first-order chi connectivity index (χ1) is 9.70. The first-order valence-corrected chi connectivity index (χ1v) is 7.75. The van der Waals surface area contributed by atoms with E-state index >= 15 is 0 Å². The lowest BCUT2D eigenvalue weighted by Crippen LogP contribution is -2.13. The molecule has 0 saturated heterocycles. The number of esters is 1. The minimum absolute atomic E-state index is 0.0118. The van der Waals surface area contributed by atoms with Gasteiger partial charge < -0.3 is 10.5 Å². The van der Waals surface area contributed by atoms with Gasteiger partial charge in [0.15, 0.2) is 0 Å². The van der Waals surface area contributed by atoms with E-state index in [9.17, 15) is 4.79 Å². The van der Waals surface area contributed by atoms with Crippen molar-refractivity contribution in [2.45, 2.75) is 12.5 Å². The Hall–Kier alpha value is -1.52. The van der Waals surface area contributed by atoms with Gasteiger partial charge in [0, 0.05) is 17.5 Å². The highest BCUT2D eigenvalue weighted by Gasteiger charge is 2.08. The Morgan fingerprint density at radius 3 is 2.75 bits per heavy atom. The third kappa shape index (κ3) is 3.99. The first kappa shape index (κ1) is 14.9. The van der Waals surface area contributed by atoms with E-state index in [1.54, 1.807) is 11.8 Å². The molecule has 0 spiro atoms. The molecule has 0 aliphatic heterocycles. The minimum atomic E-state index is -0.170. The van der Waals surface area contributed by atoms with Crippen molar-refractivity contribution >= 4 is 28.5 Å². The molecule has 2 N–H and O–H groups in total. The van der Waals surface area contributed by atoms with Gasteiger partial charge in [0.25, 0.3) is 0 Å². The van der Waals surface area contributed by atoms with Crippen molar-refractivity contribution in [2.24, 2.45) is 5.73 Å². The predicted molar refractivity (Wildman–Crippen MR) is 84.8 cm³/mol. The van der Waals surface area contributed by atoms with E-state index < -0.39 is 0 Å². The molecule has 2 aromatic rings. The van der Waals surface area contributed by atoms with E-state index in [2.05, 4.69) is 35.1 Å². The van der Waals surface area contributed by atoms with Crippen LogP contribution in [-0.4, -0.2) is 24.6 Å². The molecule has 2 aromatic carbocycles. The molecule has 1 unspecified atom stereocenters. The average molecular weight is 289 g/mol. The molecule has 0 fully saturated rings. The van der Waals surface area contributed by atoms with Gasteiger partial charge in [-0.25, -0.2) is 0 Å². The van der Waals surface area contributed by atoms with Gasteiger partial charge in [-0.15, -0.1) is 0 Å². The van der Waals surface area contributed by atoms with Gasteiger partial charge in [0.05, 0.1) is 13.5 Å². The van der Waals surface area contributed by atoms with Crippen LogP contribution in [0.4, 0.5) is 0 Å². The summed E-state index contributed by atoms with van der Waals surface area (Å²) in [5, 5.41) is 2.43. The summed E-state index contributed by atoms with van der Waals surface area (Å²) in [4.78, 5) is 11.0. The number of carbonyl (C=O) groups is 1. The molecule has 3 nitrogen and oxygen atoms in total. The zero-order chi connectivity index (χ0) is 14.4. The summed E-state index contributed by atoms with van der Waals surface area (Å²) < 4.78 is 4.61. The van der Waals surface area contributed by atoms with Crippen molar-refractivity contribution in [3.8, 4) is 0 Å². The van der Waals surface area contributed by atoms with Crippen LogP contribution in [0.2, 0.25) is 0 Å². The number of thioether (sulfide) groups is 1. The maximum absolute atomic E-state index is 11.0. The lowest BCUT2D eigenvalue weighted by Gasteiger charge is -2.12. The number of ether oxygens (including phenoxy) is 1. The van der Waals surface area contributed by atoms with E-state index in [0.29, 0.717) is 6.42 Å². The molecule has 0 amide bonds. The Labute approximate surface area is 123 Å². The number of rotatable bonds is 6. The second-order valence-corrected chi connectivity index (χ2v) is 5.76. The Kier molecular flexibility index (Phi) is 5.44. The Balaban J connectivity index is 1.90. The molecule has 0 radical (unpaired) electrons. The molecule has 0 aromatic heterocycles. The minimum Gasteiger partial charge on any atom is -0.469 e. The zero-order valence-electron chi connectivity index (χ0n) is 11.5. The van der Waals surface area contributed by atoms with Gasteiger partial charge in [-0.1, -0.05) is 36.4 Å². The number of hydrogen-bond acceptors (Lipinski definition) is 4. The van der Waals surface area contributed by atoms with E-state index in [0.717, 1.165) is 17.1 Å². The molecule has 106 valence electrons. The van der Waals surface area contributed by atoms with Crippen molar-refractivity contribution in [3.05, 3.63) is 48.0 Å². The molecule has 20 heavy (non-hydrogen) atoms. The average Bonchev–Trinajstić information content (AvgIpc) is 2.50. The van der Waals surface area contributed by atoms with Crippen molar-refractivity contribution in [1.82, 2.24) is 0 Å². The topological polar surface area (TPSA) is 52.3 Å². The SMILES string of the molecule is COC(=O)CCSCC(N)c1ccc2ccccc2c1. The van der Waals surface area contributed by atoms with Gasteiger partial charge in [0.2, 0.25) is 0 Å². The Bertz CT molecular complexity index is 585. The molecule has 0 aliphatic carbocycles. The highest BCUT2D eigenvalue weighted by molar-refractivity contribution is 7.99. The summed E-state index contributed by atoms with van der Waals surface area (Å²) in [6.07, 6.45) is 0.436. The van der Waals surface area contributed by atoms with Crippen LogP contribution >= 0.6 is 11.8 Å². The zero-order valence-corrected chi connectivity index (χ0v) is 12.4. The number of carbonyl (C=O) groups excluding carboxylic acids is 1. The van der Waals surface area contributed by atoms with Crippen LogP contribution in [0, 0.1) is 0 Å². The molecule has 0 heterocycles. The van der Waals surface area contributed by atoms with E-state index in [4.69, 9.17) is 5.73 Å². The third-order valence-electron chi connectivity index (χ3n) is 3.18. The number of benzene rings is 2. The molecular weight excluding hydrogens is 270 g/mol. The van der Waals surface area contributed by atoms with Crippen molar-refractivity contribution in [2.75, 3.05) is 18.6 Å². The van der Waals surface area contributed by atoms with Crippen LogP contribution in [-0.2, 0) is 9.53 Å². The fraction of sp³-hybridized carbons (Fsp3) is 0.312. The van der Waals surface area contributed by atoms with Crippen LogP contribution in [0.25, 0.3) is 10.8 Å². The second kappa shape index (κ2) is 7.31. The first-order valence-electron chi connectivity index (χ1n) is 6.59. The molecule has 4 heteroatoms. The predicted octanol–water partition coefficient (Wildman–Crippen LogP) is 3.14. The number of fused-ring (bicyclic) bond motifs is 1. The summed E-state index contributed by atoms with van der Waals surface area (Å²) in [6, 6.07) is 14.6. The quantitative estimate of drug-likeness (QED) is 0.655. The maximum Gasteiger partial charge on any atom is 0.306 e. The Morgan fingerprint density at radius 1 is 1.25 bits per heavy atom.